The zero-order chi connectivity index (χ0) is 13.2. The van der Waals surface area contributed by atoms with Crippen molar-refractivity contribution in [2.24, 2.45) is 0 Å². The summed E-state index contributed by atoms with van der Waals surface area (Å²) in [5, 5.41) is 0. The summed E-state index contributed by atoms with van der Waals surface area (Å²) >= 11 is 0. The monoisotopic (exact) mass is 266 g/mol. The Morgan fingerprint density at radius 3 is 2.72 bits per heavy atom. The predicted molar refractivity (Wildman–Crippen MR) is 73.4 cm³/mol. The van der Waals surface area contributed by atoms with E-state index in [4.69, 9.17) is 0 Å². The van der Waals surface area contributed by atoms with Crippen LogP contribution in [0.3, 0.4) is 0 Å². The van der Waals surface area contributed by atoms with Crippen LogP contribution in [0, 0.1) is 6.92 Å². The van der Waals surface area contributed by atoms with Crippen molar-refractivity contribution in [3.8, 4) is 0 Å². The Balaban J connectivity index is 2.15. The van der Waals surface area contributed by atoms with Crippen LogP contribution in [-0.4, -0.2) is 29.5 Å². The fourth-order valence-corrected chi connectivity index (χ4v) is 2.92. The molecule has 0 aliphatic heterocycles. The van der Waals surface area contributed by atoms with Crippen LogP contribution in [0.1, 0.15) is 19.2 Å². The number of sulfone groups is 1. The second-order valence-electron chi connectivity index (χ2n) is 4.39. The van der Waals surface area contributed by atoms with E-state index in [1.54, 1.807) is 6.92 Å². The van der Waals surface area contributed by atoms with E-state index >= 15 is 0 Å². The van der Waals surface area contributed by atoms with Gasteiger partial charge in [0.25, 0.3) is 0 Å². The van der Waals surface area contributed by atoms with Crippen molar-refractivity contribution in [3.05, 3.63) is 30.1 Å². The van der Waals surface area contributed by atoms with Crippen LogP contribution in [0.4, 0.5) is 0 Å². The first-order valence-electron chi connectivity index (χ1n) is 6.16. The molecule has 2 rings (SSSR count). The summed E-state index contributed by atoms with van der Waals surface area (Å²) in [5.74, 6) is 1.40. The van der Waals surface area contributed by atoms with Crippen LogP contribution in [0.15, 0.2) is 24.3 Å². The van der Waals surface area contributed by atoms with E-state index in [2.05, 4.69) is 9.55 Å². The summed E-state index contributed by atoms with van der Waals surface area (Å²) in [5.41, 5.74) is 2.04. The Kier molecular flexibility index (Phi) is 3.71. The highest BCUT2D eigenvalue weighted by Crippen LogP contribution is 2.15. The summed E-state index contributed by atoms with van der Waals surface area (Å²) in [7, 11) is -2.87. The van der Waals surface area contributed by atoms with Gasteiger partial charge in [0.15, 0.2) is 0 Å². The first-order valence-corrected chi connectivity index (χ1v) is 7.98. The smallest absolute Gasteiger partial charge is 0.150 e. The molecule has 0 N–H and O–H groups in total. The Morgan fingerprint density at radius 2 is 2.00 bits per heavy atom. The lowest BCUT2D eigenvalue weighted by Gasteiger charge is -2.06. The van der Waals surface area contributed by atoms with Crippen molar-refractivity contribution in [1.82, 2.24) is 9.55 Å². The van der Waals surface area contributed by atoms with Crippen molar-refractivity contribution in [1.29, 1.82) is 0 Å². The molecule has 0 saturated carbocycles. The maximum Gasteiger partial charge on any atom is 0.150 e. The van der Waals surface area contributed by atoms with Gasteiger partial charge in [0.2, 0.25) is 0 Å². The number of nitrogens with zero attached hydrogens (tertiary/aromatic N) is 2. The molecule has 0 bridgehead atoms. The second-order valence-corrected chi connectivity index (χ2v) is 6.86. The van der Waals surface area contributed by atoms with Gasteiger partial charge in [-0.15, -0.1) is 0 Å². The summed E-state index contributed by atoms with van der Waals surface area (Å²) in [6.45, 7) is 4.34. The lowest BCUT2D eigenvalue weighted by molar-refractivity contribution is 0.587. The zero-order valence-corrected chi connectivity index (χ0v) is 11.6. The lowest BCUT2D eigenvalue weighted by atomic mass is 10.3. The molecule has 0 amide bonds. The molecular weight excluding hydrogens is 248 g/mol. The number of imidazole rings is 1. The van der Waals surface area contributed by atoms with Gasteiger partial charge in [-0.25, -0.2) is 13.4 Å². The standard InChI is InChI=1S/C13H18N2O2S/c1-3-18(16,17)10-6-9-15-11(2)14-12-7-4-5-8-13(12)15/h4-5,7-8H,3,6,9-10H2,1-2H3. The number of benzene rings is 1. The molecule has 0 saturated heterocycles. The molecule has 5 heteroatoms. The van der Waals surface area contributed by atoms with Gasteiger partial charge in [0.1, 0.15) is 15.7 Å². The molecule has 0 spiro atoms. The minimum Gasteiger partial charge on any atom is -0.328 e. The normalized spacial score (nSPS) is 12.1. The van der Waals surface area contributed by atoms with Crippen LogP contribution in [0.5, 0.6) is 0 Å². The van der Waals surface area contributed by atoms with Crippen LogP contribution >= 0.6 is 0 Å². The quantitative estimate of drug-likeness (QED) is 0.833. The van der Waals surface area contributed by atoms with Gasteiger partial charge in [0.05, 0.1) is 16.8 Å². The highest BCUT2D eigenvalue weighted by molar-refractivity contribution is 7.91. The minimum atomic E-state index is -2.87. The molecule has 0 fully saturated rings. The lowest BCUT2D eigenvalue weighted by Crippen LogP contribution is -2.11. The first-order chi connectivity index (χ1) is 8.53. The average Bonchev–Trinajstić information content (AvgIpc) is 2.66. The van der Waals surface area contributed by atoms with Gasteiger partial charge in [-0.05, 0) is 25.5 Å². The maximum atomic E-state index is 11.5. The largest absolute Gasteiger partial charge is 0.328 e. The Labute approximate surface area is 108 Å². The molecule has 0 atom stereocenters. The molecule has 98 valence electrons. The molecular formula is C13H18N2O2S. The van der Waals surface area contributed by atoms with Crippen molar-refractivity contribution in [2.75, 3.05) is 11.5 Å². The maximum absolute atomic E-state index is 11.5. The van der Waals surface area contributed by atoms with Gasteiger partial charge >= 0.3 is 0 Å². The third kappa shape index (κ3) is 2.72. The molecule has 0 aliphatic rings. The molecule has 1 aromatic heterocycles. The van der Waals surface area contributed by atoms with Crippen molar-refractivity contribution in [2.45, 2.75) is 26.8 Å². The first kappa shape index (κ1) is 13.1. The topological polar surface area (TPSA) is 52.0 Å². The van der Waals surface area contributed by atoms with Crippen LogP contribution in [0.2, 0.25) is 0 Å². The molecule has 2 aromatic rings. The number of fused-ring (bicyclic) bond motifs is 1. The van der Waals surface area contributed by atoms with Crippen molar-refractivity contribution in [3.63, 3.8) is 0 Å². The van der Waals surface area contributed by atoms with Gasteiger partial charge in [0, 0.05) is 12.3 Å². The van der Waals surface area contributed by atoms with Gasteiger partial charge in [-0.3, -0.25) is 0 Å². The predicted octanol–water partition coefficient (Wildman–Crippen LogP) is 2.17. The van der Waals surface area contributed by atoms with E-state index in [0.29, 0.717) is 13.0 Å². The van der Waals surface area contributed by atoms with E-state index in [1.807, 2.05) is 31.2 Å². The second kappa shape index (κ2) is 5.10. The molecule has 0 radical (unpaired) electrons. The molecule has 1 aromatic carbocycles. The van der Waals surface area contributed by atoms with Crippen LogP contribution in [-0.2, 0) is 16.4 Å². The number of aromatic nitrogens is 2. The highest BCUT2D eigenvalue weighted by Gasteiger charge is 2.09. The van der Waals surface area contributed by atoms with Crippen LogP contribution in [0.25, 0.3) is 11.0 Å². The fraction of sp³-hybridized carbons (Fsp3) is 0.462. The summed E-state index contributed by atoms with van der Waals surface area (Å²) in [6, 6.07) is 7.93. The number of hydrogen-bond acceptors (Lipinski definition) is 3. The van der Waals surface area contributed by atoms with Crippen molar-refractivity contribution >= 4 is 20.9 Å². The van der Waals surface area contributed by atoms with E-state index in [0.717, 1.165) is 16.9 Å². The Bertz CT molecular complexity index is 644. The van der Waals surface area contributed by atoms with Gasteiger partial charge in [-0.1, -0.05) is 19.1 Å². The fourth-order valence-electron chi connectivity index (χ4n) is 2.07. The SMILES string of the molecule is CCS(=O)(=O)CCCn1c(C)nc2ccccc21. The Hall–Kier alpha value is -1.36. The number of rotatable bonds is 5. The average molecular weight is 266 g/mol. The summed E-state index contributed by atoms with van der Waals surface area (Å²) in [4.78, 5) is 4.46. The van der Waals surface area contributed by atoms with Gasteiger partial charge in [-0.2, -0.15) is 0 Å². The Morgan fingerprint density at radius 1 is 1.28 bits per heavy atom. The van der Waals surface area contributed by atoms with E-state index < -0.39 is 9.84 Å². The minimum absolute atomic E-state index is 0.219. The zero-order valence-electron chi connectivity index (χ0n) is 10.8. The van der Waals surface area contributed by atoms with Gasteiger partial charge < -0.3 is 4.57 Å². The molecule has 4 nitrogen and oxygen atoms in total. The van der Waals surface area contributed by atoms with E-state index in [-0.39, 0.29) is 11.5 Å². The molecule has 1 heterocycles. The number of aryl methyl sites for hydroxylation is 2. The summed E-state index contributed by atoms with van der Waals surface area (Å²) in [6.07, 6.45) is 0.636. The third-order valence-electron chi connectivity index (χ3n) is 3.12. The molecule has 0 aliphatic carbocycles. The van der Waals surface area contributed by atoms with E-state index in [1.165, 1.54) is 0 Å². The number of para-hydroxylation sites is 2. The van der Waals surface area contributed by atoms with E-state index in [9.17, 15) is 8.42 Å². The van der Waals surface area contributed by atoms with Crippen LogP contribution < -0.4 is 0 Å². The third-order valence-corrected chi connectivity index (χ3v) is 4.91. The highest BCUT2D eigenvalue weighted by atomic mass is 32.2. The summed E-state index contributed by atoms with van der Waals surface area (Å²) < 4.78 is 25.0. The van der Waals surface area contributed by atoms with Crippen molar-refractivity contribution < 1.29 is 8.42 Å². The molecule has 0 unspecified atom stereocenters. The number of hydrogen-bond donors (Lipinski definition) is 0. The molecule has 18 heavy (non-hydrogen) atoms.